The lowest BCUT2D eigenvalue weighted by atomic mass is 10.0. The van der Waals surface area contributed by atoms with Crippen LogP contribution in [0.15, 0.2) is 24.4 Å². The summed E-state index contributed by atoms with van der Waals surface area (Å²) in [6.45, 7) is 1.97. The normalized spacial score (nSPS) is 10.2. The van der Waals surface area contributed by atoms with Crippen LogP contribution in [0, 0.1) is 6.92 Å². The molecule has 4 nitrogen and oxygen atoms in total. The fourth-order valence-corrected chi connectivity index (χ4v) is 1.95. The number of halogens is 1. The van der Waals surface area contributed by atoms with Gasteiger partial charge in [-0.15, -0.1) is 0 Å². The van der Waals surface area contributed by atoms with Gasteiger partial charge in [-0.3, -0.25) is 0 Å². The molecule has 0 aliphatic heterocycles. The lowest BCUT2D eigenvalue weighted by molar-refractivity contribution is 0.395. The Hall–Kier alpha value is -1.81. The van der Waals surface area contributed by atoms with Gasteiger partial charge in [-0.25, -0.2) is 9.97 Å². The van der Waals surface area contributed by atoms with Crippen molar-refractivity contribution in [2.45, 2.75) is 6.92 Å². The van der Waals surface area contributed by atoms with E-state index in [-0.39, 0.29) is 5.28 Å². The molecule has 0 aliphatic rings. The van der Waals surface area contributed by atoms with Crippen LogP contribution in [0.5, 0.6) is 11.5 Å². The summed E-state index contributed by atoms with van der Waals surface area (Å²) < 4.78 is 10.6. The van der Waals surface area contributed by atoms with Gasteiger partial charge in [0, 0.05) is 17.8 Å². The molecule has 1 aromatic heterocycles. The number of rotatable bonds is 3. The molecule has 0 unspecified atom stereocenters. The Morgan fingerprint density at radius 1 is 1.17 bits per heavy atom. The average molecular weight is 265 g/mol. The van der Waals surface area contributed by atoms with E-state index in [1.54, 1.807) is 26.5 Å². The zero-order chi connectivity index (χ0) is 13.1. The fraction of sp³-hybridized carbons (Fsp3) is 0.231. The van der Waals surface area contributed by atoms with Crippen LogP contribution in [0.25, 0.3) is 11.3 Å². The van der Waals surface area contributed by atoms with Crippen LogP contribution in [0.2, 0.25) is 5.28 Å². The first-order valence-electron chi connectivity index (χ1n) is 5.37. The number of aryl methyl sites for hydroxylation is 1. The standard InChI is InChI=1S/C13H13ClN2O2/c1-8-6-9(17-2)7-11(18-3)12(8)10-4-5-15-13(14)16-10/h4-7H,1-3H3. The molecule has 0 radical (unpaired) electrons. The molecule has 2 rings (SSSR count). The van der Waals surface area contributed by atoms with Gasteiger partial charge in [0.05, 0.1) is 19.9 Å². The summed E-state index contributed by atoms with van der Waals surface area (Å²) in [7, 11) is 3.23. The van der Waals surface area contributed by atoms with Crippen LogP contribution in [-0.2, 0) is 0 Å². The molecule has 0 fully saturated rings. The molecule has 0 bridgehead atoms. The van der Waals surface area contributed by atoms with Crippen molar-refractivity contribution in [3.63, 3.8) is 0 Å². The Balaban J connectivity index is 2.63. The largest absolute Gasteiger partial charge is 0.497 e. The molecule has 0 N–H and O–H groups in total. The number of benzene rings is 1. The number of nitrogens with zero attached hydrogens (tertiary/aromatic N) is 2. The van der Waals surface area contributed by atoms with E-state index >= 15 is 0 Å². The monoisotopic (exact) mass is 264 g/mol. The zero-order valence-electron chi connectivity index (χ0n) is 10.4. The number of ether oxygens (including phenoxy) is 2. The lowest BCUT2D eigenvalue weighted by Crippen LogP contribution is -1.96. The van der Waals surface area contributed by atoms with Crippen LogP contribution in [0.1, 0.15) is 5.56 Å². The Morgan fingerprint density at radius 3 is 2.56 bits per heavy atom. The van der Waals surface area contributed by atoms with E-state index in [4.69, 9.17) is 21.1 Å². The highest BCUT2D eigenvalue weighted by molar-refractivity contribution is 6.28. The Labute approximate surface area is 111 Å². The Bertz CT molecular complexity index is 573. The third-order valence-electron chi connectivity index (χ3n) is 2.61. The van der Waals surface area contributed by atoms with Gasteiger partial charge in [-0.1, -0.05) is 0 Å². The predicted molar refractivity (Wildman–Crippen MR) is 70.3 cm³/mol. The number of methoxy groups -OCH3 is 2. The molecule has 94 valence electrons. The highest BCUT2D eigenvalue weighted by Crippen LogP contribution is 2.35. The van der Waals surface area contributed by atoms with Crippen molar-refractivity contribution in [2.75, 3.05) is 14.2 Å². The number of hydrogen-bond acceptors (Lipinski definition) is 4. The van der Waals surface area contributed by atoms with Crippen molar-refractivity contribution in [3.05, 3.63) is 35.2 Å². The summed E-state index contributed by atoms with van der Waals surface area (Å²) in [5.41, 5.74) is 2.62. The first-order valence-corrected chi connectivity index (χ1v) is 5.75. The van der Waals surface area contributed by atoms with Crippen molar-refractivity contribution in [1.29, 1.82) is 0 Å². The SMILES string of the molecule is COc1cc(C)c(-c2ccnc(Cl)n2)c(OC)c1. The number of aromatic nitrogens is 2. The van der Waals surface area contributed by atoms with Crippen molar-refractivity contribution in [2.24, 2.45) is 0 Å². The van der Waals surface area contributed by atoms with Gasteiger partial charge in [0.2, 0.25) is 5.28 Å². The summed E-state index contributed by atoms with van der Waals surface area (Å²) in [5.74, 6) is 1.44. The second-order valence-corrected chi connectivity index (χ2v) is 4.07. The van der Waals surface area contributed by atoms with Gasteiger partial charge >= 0.3 is 0 Å². The van der Waals surface area contributed by atoms with Gasteiger partial charge in [0.25, 0.3) is 0 Å². The van der Waals surface area contributed by atoms with Gasteiger partial charge in [-0.2, -0.15) is 0 Å². The smallest absolute Gasteiger partial charge is 0.222 e. The minimum atomic E-state index is 0.213. The summed E-state index contributed by atoms with van der Waals surface area (Å²) in [6.07, 6.45) is 1.62. The minimum absolute atomic E-state index is 0.213. The molecule has 0 saturated carbocycles. The minimum Gasteiger partial charge on any atom is -0.497 e. The topological polar surface area (TPSA) is 44.2 Å². The third-order valence-corrected chi connectivity index (χ3v) is 2.79. The van der Waals surface area contributed by atoms with Gasteiger partial charge < -0.3 is 9.47 Å². The van der Waals surface area contributed by atoms with E-state index in [2.05, 4.69) is 9.97 Å². The van der Waals surface area contributed by atoms with Crippen molar-refractivity contribution in [3.8, 4) is 22.8 Å². The molecule has 0 atom stereocenters. The van der Waals surface area contributed by atoms with Crippen molar-refractivity contribution in [1.82, 2.24) is 9.97 Å². The first kappa shape index (κ1) is 12.6. The van der Waals surface area contributed by atoms with Gasteiger partial charge in [0.15, 0.2) is 0 Å². The van der Waals surface area contributed by atoms with E-state index < -0.39 is 0 Å². The van der Waals surface area contributed by atoms with Crippen LogP contribution < -0.4 is 9.47 Å². The molecule has 0 amide bonds. The van der Waals surface area contributed by atoms with Crippen molar-refractivity contribution >= 4 is 11.6 Å². The maximum Gasteiger partial charge on any atom is 0.222 e. The summed E-state index contributed by atoms with van der Waals surface area (Å²) in [6, 6.07) is 5.54. The van der Waals surface area contributed by atoms with Gasteiger partial charge in [-0.05, 0) is 36.2 Å². The molecule has 1 heterocycles. The molecular formula is C13H13ClN2O2. The maximum atomic E-state index is 5.81. The summed E-state index contributed by atoms with van der Waals surface area (Å²) in [4.78, 5) is 8.07. The third kappa shape index (κ3) is 2.38. The second-order valence-electron chi connectivity index (χ2n) is 3.73. The Kier molecular flexibility index (Phi) is 3.67. The molecule has 5 heteroatoms. The summed E-state index contributed by atoms with van der Waals surface area (Å²) >= 11 is 5.81. The Morgan fingerprint density at radius 2 is 1.94 bits per heavy atom. The number of hydrogen-bond donors (Lipinski definition) is 0. The molecule has 0 spiro atoms. The van der Waals surface area contributed by atoms with E-state index in [1.807, 2.05) is 19.1 Å². The predicted octanol–water partition coefficient (Wildman–Crippen LogP) is 3.12. The molecule has 1 aromatic carbocycles. The second kappa shape index (κ2) is 5.23. The summed E-state index contributed by atoms with van der Waals surface area (Å²) in [5, 5.41) is 0.213. The van der Waals surface area contributed by atoms with Crippen LogP contribution in [-0.4, -0.2) is 24.2 Å². The zero-order valence-corrected chi connectivity index (χ0v) is 11.2. The van der Waals surface area contributed by atoms with Crippen molar-refractivity contribution < 1.29 is 9.47 Å². The quantitative estimate of drug-likeness (QED) is 0.799. The van der Waals surface area contributed by atoms with Crippen LogP contribution in [0.4, 0.5) is 0 Å². The molecule has 18 heavy (non-hydrogen) atoms. The highest BCUT2D eigenvalue weighted by atomic mass is 35.5. The van der Waals surface area contributed by atoms with Crippen LogP contribution >= 0.6 is 11.6 Å². The average Bonchev–Trinajstić information content (AvgIpc) is 2.37. The fourth-order valence-electron chi connectivity index (χ4n) is 1.80. The molecule has 0 aliphatic carbocycles. The molecule has 2 aromatic rings. The van der Waals surface area contributed by atoms with E-state index in [9.17, 15) is 0 Å². The van der Waals surface area contributed by atoms with Crippen LogP contribution in [0.3, 0.4) is 0 Å². The van der Waals surface area contributed by atoms with Gasteiger partial charge in [0.1, 0.15) is 11.5 Å². The van der Waals surface area contributed by atoms with E-state index in [1.165, 1.54) is 0 Å². The van der Waals surface area contributed by atoms with E-state index in [0.717, 1.165) is 22.6 Å². The highest BCUT2D eigenvalue weighted by Gasteiger charge is 2.13. The molecule has 0 saturated heterocycles. The van der Waals surface area contributed by atoms with E-state index in [0.29, 0.717) is 5.75 Å². The maximum absolute atomic E-state index is 5.81. The molecular weight excluding hydrogens is 252 g/mol. The first-order chi connectivity index (χ1) is 8.65. The lowest BCUT2D eigenvalue weighted by Gasteiger charge is -2.13.